The van der Waals surface area contributed by atoms with Gasteiger partial charge in [-0.2, -0.15) is 5.10 Å². The van der Waals surface area contributed by atoms with Crippen LogP contribution in [0.4, 0.5) is 0 Å². The number of amides is 1. The summed E-state index contributed by atoms with van der Waals surface area (Å²) in [6.07, 6.45) is 1.42. The summed E-state index contributed by atoms with van der Waals surface area (Å²) in [5, 5.41) is 16.7. The van der Waals surface area contributed by atoms with Gasteiger partial charge in [0.25, 0.3) is 5.91 Å². The van der Waals surface area contributed by atoms with Crippen LogP contribution in [0.2, 0.25) is 0 Å². The van der Waals surface area contributed by atoms with Crippen molar-refractivity contribution in [1.29, 1.82) is 0 Å². The second kappa shape index (κ2) is 7.02. The number of fused-ring (bicyclic) bond motifs is 1. The summed E-state index contributed by atoms with van der Waals surface area (Å²) < 4.78 is 0.866. The van der Waals surface area contributed by atoms with Gasteiger partial charge in [0.1, 0.15) is 6.54 Å². The lowest BCUT2D eigenvalue weighted by Crippen LogP contribution is -2.35. The van der Waals surface area contributed by atoms with Crippen LogP contribution < -0.4 is 0 Å². The Bertz CT molecular complexity index is 954. The lowest BCUT2D eigenvalue weighted by atomic mass is 10.1. The zero-order valence-electron chi connectivity index (χ0n) is 13.4. The number of aromatic nitrogens is 3. The second-order valence-electron chi connectivity index (χ2n) is 5.63. The van der Waals surface area contributed by atoms with Crippen LogP contribution >= 0.6 is 15.9 Å². The molecule has 0 fully saturated rings. The lowest BCUT2D eigenvalue weighted by molar-refractivity contribution is -0.137. The molecule has 2 heterocycles. The molecule has 0 bridgehead atoms. The summed E-state index contributed by atoms with van der Waals surface area (Å²) in [4.78, 5) is 29.5. The number of aliphatic carboxylic acids is 1. The third-order valence-electron chi connectivity index (χ3n) is 3.72. The van der Waals surface area contributed by atoms with Crippen LogP contribution in [0.1, 0.15) is 21.6 Å². The van der Waals surface area contributed by atoms with Crippen molar-refractivity contribution in [3.05, 3.63) is 57.8 Å². The normalized spacial score (nSPS) is 10.8. The van der Waals surface area contributed by atoms with E-state index in [4.69, 9.17) is 5.11 Å². The first-order chi connectivity index (χ1) is 11.9. The summed E-state index contributed by atoms with van der Waals surface area (Å²) >= 11 is 3.38. The minimum Gasteiger partial charge on any atom is -0.480 e. The zero-order valence-corrected chi connectivity index (χ0v) is 14.9. The molecular weight excluding hydrogens is 388 g/mol. The van der Waals surface area contributed by atoms with Crippen molar-refractivity contribution < 1.29 is 14.7 Å². The van der Waals surface area contributed by atoms with Gasteiger partial charge < -0.3 is 10.0 Å². The summed E-state index contributed by atoms with van der Waals surface area (Å²) in [6, 6.07) is 9.08. The maximum atomic E-state index is 12.8. The first kappa shape index (κ1) is 17.1. The van der Waals surface area contributed by atoms with Crippen molar-refractivity contribution in [2.24, 2.45) is 0 Å². The molecule has 7 nitrogen and oxygen atoms in total. The van der Waals surface area contributed by atoms with Gasteiger partial charge in [-0.1, -0.05) is 28.1 Å². The number of nitrogens with one attached hydrogen (secondary N) is 1. The van der Waals surface area contributed by atoms with Gasteiger partial charge in [-0.15, -0.1) is 0 Å². The number of hydrogen-bond acceptors (Lipinski definition) is 4. The van der Waals surface area contributed by atoms with Gasteiger partial charge >= 0.3 is 5.97 Å². The lowest BCUT2D eigenvalue weighted by Gasteiger charge is -2.21. The van der Waals surface area contributed by atoms with Crippen LogP contribution in [0.5, 0.6) is 0 Å². The predicted molar refractivity (Wildman–Crippen MR) is 95.1 cm³/mol. The molecule has 2 N–H and O–H groups in total. The molecule has 0 aliphatic carbocycles. The van der Waals surface area contributed by atoms with E-state index in [0.29, 0.717) is 11.2 Å². The molecule has 1 amide bonds. The number of aryl methyl sites for hydroxylation is 1. The molecule has 128 valence electrons. The minimum atomic E-state index is -1.07. The van der Waals surface area contributed by atoms with Crippen molar-refractivity contribution >= 4 is 38.8 Å². The molecule has 0 aliphatic rings. The third kappa shape index (κ3) is 3.85. The van der Waals surface area contributed by atoms with E-state index in [2.05, 4.69) is 31.1 Å². The maximum absolute atomic E-state index is 12.8. The Balaban J connectivity index is 1.92. The maximum Gasteiger partial charge on any atom is 0.323 e. The number of benzene rings is 1. The highest BCUT2D eigenvalue weighted by Crippen LogP contribution is 2.18. The Morgan fingerprint density at radius 1 is 1.32 bits per heavy atom. The van der Waals surface area contributed by atoms with Gasteiger partial charge in [0.2, 0.25) is 0 Å². The Kier molecular flexibility index (Phi) is 4.80. The van der Waals surface area contributed by atoms with Gasteiger partial charge in [-0.3, -0.25) is 14.7 Å². The van der Waals surface area contributed by atoms with E-state index < -0.39 is 18.4 Å². The smallest absolute Gasteiger partial charge is 0.323 e. The second-order valence-corrected chi connectivity index (χ2v) is 6.54. The molecule has 3 rings (SSSR count). The van der Waals surface area contributed by atoms with E-state index >= 15 is 0 Å². The number of carbonyl (C=O) groups is 2. The number of hydrogen-bond donors (Lipinski definition) is 2. The van der Waals surface area contributed by atoms with Crippen LogP contribution in [0.25, 0.3) is 11.0 Å². The van der Waals surface area contributed by atoms with E-state index in [9.17, 15) is 9.59 Å². The predicted octanol–water partition coefficient (Wildman–Crippen LogP) is 2.76. The molecule has 0 aliphatic heterocycles. The SMILES string of the molecule is Cc1[nH]nc2ncc(C(=O)N(CC(=O)O)Cc3cccc(Br)c3)cc12. The highest BCUT2D eigenvalue weighted by molar-refractivity contribution is 9.10. The van der Waals surface area contributed by atoms with Crippen LogP contribution in [0.15, 0.2) is 41.0 Å². The fraction of sp³-hybridized carbons (Fsp3) is 0.176. The standard InChI is InChI=1S/C17H15BrN4O3/c1-10-14-6-12(7-19-16(14)21-20-10)17(25)22(9-15(23)24)8-11-3-2-4-13(18)5-11/h2-7H,8-9H2,1H3,(H,23,24)(H,19,20,21). The van der Waals surface area contributed by atoms with Gasteiger partial charge in [0.15, 0.2) is 5.65 Å². The quantitative estimate of drug-likeness (QED) is 0.683. The molecule has 0 saturated carbocycles. The number of carboxylic acid groups (broad SMARTS) is 1. The largest absolute Gasteiger partial charge is 0.480 e. The zero-order chi connectivity index (χ0) is 18.0. The minimum absolute atomic E-state index is 0.187. The number of pyridine rings is 1. The van der Waals surface area contributed by atoms with Crippen molar-refractivity contribution in [1.82, 2.24) is 20.1 Å². The molecule has 0 saturated heterocycles. The first-order valence-corrected chi connectivity index (χ1v) is 8.29. The fourth-order valence-corrected chi connectivity index (χ4v) is 2.98. The topological polar surface area (TPSA) is 99.2 Å². The number of carboxylic acids is 1. The number of halogens is 1. The Labute approximate surface area is 151 Å². The monoisotopic (exact) mass is 402 g/mol. The highest BCUT2D eigenvalue weighted by Gasteiger charge is 2.20. The van der Waals surface area contributed by atoms with Gasteiger partial charge in [0.05, 0.1) is 5.56 Å². The molecule has 8 heteroatoms. The van der Waals surface area contributed by atoms with E-state index in [1.54, 1.807) is 6.07 Å². The summed E-state index contributed by atoms with van der Waals surface area (Å²) in [7, 11) is 0. The number of carbonyl (C=O) groups excluding carboxylic acids is 1. The van der Waals surface area contributed by atoms with E-state index in [-0.39, 0.29) is 6.54 Å². The molecular formula is C17H15BrN4O3. The molecule has 1 aromatic carbocycles. The molecule has 0 radical (unpaired) electrons. The summed E-state index contributed by atoms with van der Waals surface area (Å²) in [5.74, 6) is -1.46. The average Bonchev–Trinajstić information content (AvgIpc) is 2.94. The molecule has 0 atom stereocenters. The van der Waals surface area contributed by atoms with Crippen molar-refractivity contribution in [3.63, 3.8) is 0 Å². The molecule has 2 aromatic heterocycles. The Morgan fingerprint density at radius 2 is 2.12 bits per heavy atom. The van der Waals surface area contributed by atoms with Crippen LogP contribution in [-0.2, 0) is 11.3 Å². The summed E-state index contributed by atoms with van der Waals surface area (Å²) in [6.45, 7) is 1.63. The average molecular weight is 403 g/mol. The fourth-order valence-electron chi connectivity index (χ4n) is 2.54. The van der Waals surface area contributed by atoms with Crippen molar-refractivity contribution in [2.45, 2.75) is 13.5 Å². The van der Waals surface area contributed by atoms with Crippen LogP contribution in [-0.4, -0.2) is 43.6 Å². The Hall–Kier alpha value is -2.74. The van der Waals surface area contributed by atoms with Crippen molar-refractivity contribution in [3.8, 4) is 0 Å². The third-order valence-corrected chi connectivity index (χ3v) is 4.22. The van der Waals surface area contributed by atoms with Crippen molar-refractivity contribution in [2.75, 3.05) is 6.54 Å². The number of aromatic amines is 1. The Morgan fingerprint density at radius 3 is 2.84 bits per heavy atom. The van der Waals surface area contributed by atoms with Crippen LogP contribution in [0, 0.1) is 6.92 Å². The number of rotatable bonds is 5. The summed E-state index contributed by atoms with van der Waals surface area (Å²) in [5.41, 5.74) is 2.48. The van der Waals surface area contributed by atoms with E-state index in [0.717, 1.165) is 21.1 Å². The first-order valence-electron chi connectivity index (χ1n) is 7.50. The van der Waals surface area contributed by atoms with Gasteiger partial charge in [-0.05, 0) is 30.7 Å². The number of nitrogens with zero attached hydrogens (tertiary/aromatic N) is 3. The molecule has 0 unspecified atom stereocenters. The number of H-pyrrole nitrogens is 1. The molecule has 3 aromatic rings. The molecule has 0 spiro atoms. The van der Waals surface area contributed by atoms with E-state index in [1.807, 2.05) is 31.2 Å². The van der Waals surface area contributed by atoms with E-state index in [1.165, 1.54) is 11.1 Å². The van der Waals surface area contributed by atoms with Gasteiger partial charge in [-0.25, -0.2) is 4.98 Å². The van der Waals surface area contributed by atoms with Gasteiger partial charge in [0, 0.05) is 28.3 Å². The van der Waals surface area contributed by atoms with Crippen LogP contribution in [0.3, 0.4) is 0 Å². The highest BCUT2D eigenvalue weighted by atomic mass is 79.9. The molecule has 25 heavy (non-hydrogen) atoms.